The molecule has 0 saturated carbocycles. The van der Waals surface area contributed by atoms with Crippen LogP contribution in [0.5, 0.6) is 0 Å². The largest absolute Gasteiger partial charge is 0.369 e. The summed E-state index contributed by atoms with van der Waals surface area (Å²) >= 11 is 0. The van der Waals surface area contributed by atoms with Crippen molar-refractivity contribution in [3.8, 4) is 0 Å². The average molecular weight is 266 g/mol. The highest BCUT2D eigenvalue weighted by molar-refractivity contribution is 5.81. The van der Waals surface area contributed by atoms with Gasteiger partial charge in [-0.3, -0.25) is 0 Å². The molecule has 0 aliphatic rings. The van der Waals surface area contributed by atoms with Gasteiger partial charge in [-0.05, 0) is 29.5 Å². The Morgan fingerprint density at radius 1 is 0.850 bits per heavy atom. The minimum absolute atomic E-state index is 0.0410. The number of hydrogen-bond acceptors (Lipinski definition) is 2. The average Bonchev–Trinajstić information content (AvgIpc) is 2.47. The van der Waals surface area contributed by atoms with Gasteiger partial charge in [-0.1, -0.05) is 54.6 Å². The second kappa shape index (κ2) is 7.09. The predicted octanol–water partition coefficient (Wildman–Crippen LogP) is 2.08. The van der Waals surface area contributed by atoms with E-state index < -0.39 is 0 Å². The lowest BCUT2D eigenvalue weighted by Crippen LogP contribution is -2.21. The molecule has 0 heterocycles. The molecule has 4 N–H and O–H groups in total. The normalized spacial score (nSPS) is 10.6. The second-order valence-corrected chi connectivity index (χ2v) is 4.50. The first-order chi connectivity index (χ1) is 9.74. The van der Waals surface area contributed by atoms with E-state index in [1.165, 1.54) is 11.1 Å². The summed E-state index contributed by atoms with van der Waals surface area (Å²) in [4.78, 5) is 0. The highest BCUT2D eigenvalue weighted by Crippen LogP contribution is 2.08. The first-order valence-electron chi connectivity index (χ1n) is 6.49. The summed E-state index contributed by atoms with van der Waals surface area (Å²) in [6.45, 7) is 0. The fourth-order valence-electron chi connectivity index (χ4n) is 1.87. The van der Waals surface area contributed by atoms with Crippen LogP contribution < -0.4 is 11.5 Å². The van der Waals surface area contributed by atoms with Crippen LogP contribution in [0.15, 0.2) is 64.8 Å². The Balaban J connectivity index is 1.92. The molecule has 0 amide bonds. The molecule has 0 fully saturated rings. The quantitative estimate of drug-likeness (QED) is 0.494. The van der Waals surface area contributed by atoms with Gasteiger partial charge >= 0.3 is 0 Å². The number of hydrogen-bond donors (Lipinski definition) is 2. The molecule has 0 saturated heterocycles. The summed E-state index contributed by atoms with van der Waals surface area (Å²) in [6.07, 6.45) is 3.69. The van der Waals surface area contributed by atoms with E-state index in [4.69, 9.17) is 11.5 Å². The zero-order valence-electron chi connectivity index (χ0n) is 11.2. The van der Waals surface area contributed by atoms with Gasteiger partial charge in [0, 0.05) is 0 Å². The van der Waals surface area contributed by atoms with Gasteiger partial charge in [0.15, 0.2) is 0 Å². The van der Waals surface area contributed by atoms with Crippen LogP contribution in [0.25, 0.3) is 0 Å². The summed E-state index contributed by atoms with van der Waals surface area (Å²) in [6, 6.07) is 18.7. The zero-order valence-corrected chi connectivity index (χ0v) is 11.2. The van der Waals surface area contributed by atoms with Gasteiger partial charge < -0.3 is 11.5 Å². The van der Waals surface area contributed by atoms with Gasteiger partial charge in [0.1, 0.15) is 0 Å². The molecule has 0 aromatic heterocycles. The topological polar surface area (TPSA) is 76.8 Å². The minimum atomic E-state index is -0.0410. The lowest BCUT2D eigenvalue weighted by Gasteiger charge is -2.02. The van der Waals surface area contributed by atoms with E-state index in [1.807, 2.05) is 18.2 Å². The molecule has 2 rings (SSSR count). The third-order valence-corrected chi connectivity index (χ3v) is 2.90. The number of benzene rings is 2. The molecular formula is C16H18N4. The molecule has 0 radical (unpaired) electrons. The highest BCUT2D eigenvalue weighted by atomic mass is 15.3. The second-order valence-electron chi connectivity index (χ2n) is 4.50. The van der Waals surface area contributed by atoms with Gasteiger partial charge in [0.25, 0.3) is 0 Å². The van der Waals surface area contributed by atoms with Crippen LogP contribution in [0.1, 0.15) is 16.7 Å². The van der Waals surface area contributed by atoms with Crippen molar-refractivity contribution in [1.29, 1.82) is 0 Å². The molecule has 0 unspecified atom stereocenters. The predicted molar refractivity (Wildman–Crippen MR) is 83.7 cm³/mol. The Morgan fingerprint density at radius 2 is 1.45 bits per heavy atom. The van der Waals surface area contributed by atoms with Crippen LogP contribution in [-0.2, 0) is 12.8 Å². The summed E-state index contributed by atoms with van der Waals surface area (Å²) in [5, 5.41) is 7.34. The molecule has 0 bridgehead atoms. The third-order valence-electron chi connectivity index (χ3n) is 2.90. The van der Waals surface area contributed by atoms with E-state index in [9.17, 15) is 0 Å². The smallest absolute Gasteiger partial charge is 0.211 e. The van der Waals surface area contributed by atoms with Crippen molar-refractivity contribution in [2.75, 3.05) is 0 Å². The number of guanidine groups is 1. The minimum Gasteiger partial charge on any atom is -0.369 e. The van der Waals surface area contributed by atoms with Gasteiger partial charge in [-0.2, -0.15) is 5.10 Å². The van der Waals surface area contributed by atoms with Crippen molar-refractivity contribution in [3.05, 3.63) is 71.3 Å². The molecule has 0 spiro atoms. The molecule has 4 heteroatoms. The molecule has 0 aliphatic carbocycles. The lowest BCUT2D eigenvalue weighted by molar-refractivity contribution is 0.960. The Kier molecular flexibility index (Phi) is 4.89. The molecule has 20 heavy (non-hydrogen) atoms. The Labute approximate surface area is 118 Å². The van der Waals surface area contributed by atoms with Gasteiger partial charge in [0.05, 0.1) is 6.21 Å². The van der Waals surface area contributed by atoms with E-state index >= 15 is 0 Å². The van der Waals surface area contributed by atoms with Crippen LogP contribution >= 0.6 is 0 Å². The summed E-state index contributed by atoms with van der Waals surface area (Å²) in [7, 11) is 0. The summed E-state index contributed by atoms with van der Waals surface area (Å²) in [5.41, 5.74) is 14.0. The van der Waals surface area contributed by atoms with Crippen LogP contribution in [0.4, 0.5) is 0 Å². The molecule has 4 nitrogen and oxygen atoms in total. The van der Waals surface area contributed by atoms with Gasteiger partial charge in [-0.25, -0.2) is 0 Å². The fourth-order valence-corrected chi connectivity index (χ4v) is 1.87. The Hall–Kier alpha value is -2.62. The monoisotopic (exact) mass is 266 g/mol. The standard InChI is InChI=1S/C16H18N4/c17-16(18)20-19-12-15-10-8-14(9-11-15)7-6-13-4-2-1-3-5-13/h1-5,8-12H,6-7H2,(H4,17,18,20)/b19-12-. The lowest BCUT2D eigenvalue weighted by atomic mass is 10.0. The fraction of sp³-hybridized carbons (Fsp3) is 0.125. The molecule has 0 aliphatic heterocycles. The Bertz CT molecular complexity index is 582. The molecule has 2 aromatic rings. The van der Waals surface area contributed by atoms with Crippen LogP contribution in [0.2, 0.25) is 0 Å². The van der Waals surface area contributed by atoms with Crippen molar-refractivity contribution in [1.82, 2.24) is 0 Å². The van der Waals surface area contributed by atoms with Crippen LogP contribution in [0, 0.1) is 0 Å². The molecule has 102 valence electrons. The maximum absolute atomic E-state index is 5.19. The van der Waals surface area contributed by atoms with Crippen molar-refractivity contribution in [3.63, 3.8) is 0 Å². The summed E-state index contributed by atoms with van der Waals surface area (Å²) in [5.74, 6) is -0.0410. The maximum atomic E-state index is 5.19. The first-order valence-corrected chi connectivity index (χ1v) is 6.49. The van der Waals surface area contributed by atoms with Gasteiger partial charge in [-0.15, -0.1) is 5.10 Å². The van der Waals surface area contributed by atoms with Crippen LogP contribution in [0.3, 0.4) is 0 Å². The van der Waals surface area contributed by atoms with E-state index in [0.29, 0.717) is 0 Å². The van der Waals surface area contributed by atoms with Crippen molar-refractivity contribution < 1.29 is 0 Å². The van der Waals surface area contributed by atoms with Crippen molar-refractivity contribution in [2.24, 2.45) is 21.7 Å². The number of nitrogens with two attached hydrogens (primary N) is 2. The van der Waals surface area contributed by atoms with E-state index in [1.54, 1.807) is 6.21 Å². The SMILES string of the molecule is NC(N)=N/N=C\c1ccc(CCc2ccccc2)cc1. The maximum Gasteiger partial charge on any atom is 0.211 e. The molecule has 2 aromatic carbocycles. The zero-order chi connectivity index (χ0) is 14.2. The number of rotatable bonds is 5. The van der Waals surface area contributed by atoms with Crippen LogP contribution in [-0.4, -0.2) is 12.2 Å². The van der Waals surface area contributed by atoms with E-state index in [0.717, 1.165) is 18.4 Å². The van der Waals surface area contributed by atoms with E-state index in [-0.39, 0.29) is 5.96 Å². The highest BCUT2D eigenvalue weighted by Gasteiger charge is 1.95. The molecular weight excluding hydrogens is 248 g/mol. The number of nitrogens with zero attached hydrogens (tertiary/aromatic N) is 2. The molecule has 0 atom stereocenters. The Morgan fingerprint density at radius 3 is 2.05 bits per heavy atom. The van der Waals surface area contributed by atoms with Crippen molar-refractivity contribution in [2.45, 2.75) is 12.8 Å². The first kappa shape index (κ1) is 13.8. The summed E-state index contributed by atoms with van der Waals surface area (Å²) < 4.78 is 0. The van der Waals surface area contributed by atoms with E-state index in [2.05, 4.69) is 46.6 Å². The number of aryl methyl sites for hydroxylation is 2. The van der Waals surface area contributed by atoms with Crippen molar-refractivity contribution >= 4 is 12.2 Å². The third kappa shape index (κ3) is 4.57. The van der Waals surface area contributed by atoms with Gasteiger partial charge in [0.2, 0.25) is 5.96 Å².